The number of anilines is 4. The number of amides is 4. The number of carbonyl (C=O) groups excluding carboxylic acids is 8. The number of carbonyl (C=O) groups is 8. The Morgan fingerprint density at radius 1 is 0.313 bits per heavy atom. The van der Waals surface area contributed by atoms with Crippen LogP contribution in [0.1, 0.15) is 110 Å². The second kappa shape index (κ2) is 42.5. The first-order valence-electron chi connectivity index (χ1n) is 41.9. The first kappa shape index (κ1) is 96.6. The van der Waals surface area contributed by atoms with E-state index in [0.717, 1.165) is 0 Å². The van der Waals surface area contributed by atoms with Crippen molar-refractivity contribution in [3.63, 3.8) is 0 Å². The van der Waals surface area contributed by atoms with Crippen LogP contribution in [0.2, 0.25) is 35.2 Å². The zero-order chi connectivity index (χ0) is 94.1. The SMILES string of the molecule is CCOC(=O)c1c(N2CCN(C(=O)c3ccc(Cl)c(Cl)c3)CC2)c2cc(Cl)ccc2n(C)c1=O.CCOC(=O)c1c(N2CCN(C(=O)c3ccc(Cl)cc3)CC2)c2cc(Cl)ccc2n(C)c1=O.CCOC(=O)c1c(N2CCN(C(=O)c3ccc(F)cc3)CC2)c2cc(Cl)ccc2n(C)c1=O.CCOC(=O)c1c(N2CCN(C(=O)c3cccs3)CC2)c2cc(Cl)ccc2n(C)c1=O. The van der Waals surface area contributed by atoms with Crippen molar-refractivity contribution in [2.45, 2.75) is 27.7 Å². The summed E-state index contributed by atoms with van der Waals surface area (Å²) in [6.45, 7) is 14.2. The second-order valence-corrected chi connectivity index (χ2v) is 34.6. The van der Waals surface area contributed by atoms with Crippen LogP contribution in [0.4, 0.5) is 27.1 Å². The molecule has 5 aromatic heterocycles. The number of aromatic nitrogens is 4. The Morgan fingerprint density at radius 3 is 0.840 bits per heavy atom. The lowest BCUT2D eigenvalue weighted by Gasteiger charge is -2.37. The predicted molar refractivity (Wildman–Crippen MR) is 512 cm³/mol. The largest absolute Gasteiger partial charge is 0.462 e. The van der Waals surface area contributed by atoms with Gasteiger partial charge in [-0.15, -0.1) is 11.3 Å². The average Bonchev–Trinajstić information content (AvgIpc) is 0.895. The first-order valence-corrected chi connectivity index (χ1v) is 45.4. The van der Waals surface area contributed by atoms with Gasteiger partial charge in [-0.2, -0.15) is 0 Å². The van der Waals surface area contributed by atoms with Crippen LogP contribution < -0.4 is 41.8 Å². The molecule has 9 heterocycles. The summed E-state index contributed by atoms with van der Waals surface area (Å²) in [5.41, 5.74) is 4.11. The third-order valence-electron chi connectivity index (χ3n) is 22.9. The molecule has 4 fully saturated rings. The molecular formula is C94H90Cl7FN12O16S. The first-order chi connectivity index (χ1) is 62.8. The maximum Gasteiger partial charge on any atom is 0.345 e. The number of rotatable bonds is 16. The van der Waals surface area contributed by atoms with Gasteiger partial charge >= 0.3 is 23.9 Å². The second-order valence-electron chi connectivity index (χ2n) is 30.6. The summed E-state index contributed by atoms with van der Waals surface area (Å²) < 4.78 is 39.7. The summed E-state index contributed by atoms with van der Waals surface area (Å²) in [6, 6.07) is 41.5. The van der Waals surface area contributed by atoms with Crippen LogP contribution in [0, 0.1) is 5.82 Å². The van der Waals surface area contributed by atoms with E-state index < -0.39 is 51.9 Å². The monoisotopic (exact) mass is 1940 g/mol. The molecule has 0 spiro atoms. The lowest BCUT2D eigenvalue weighted by molar-refractivity contribution is 0.0514. The van der Waals surface area contributed by atoms with Crippen molar-refractivity contribution < 1.29 is 61.7 Å². The van der Waals surface area contributed by atoms with E-state index in [1.807, 2.05) is 37.1 Å². The summed E-state index contributed by atoms with van der Waals surface area (Å²) in [6.07, 6.45) is 0. The van der Waals surface area contributed by atoms with Crippen LogP contribution in [0.15, 0.2) is 176 Å². The third kappa shape index (κ3) is 20.8. The molecule has 4 aliphatic heterocycles. The number of thiophene rings is 1. The predicted octanol–water partition coefficient (Wildman–Crippen LogP) is 15.5. The lowest BCUT2D eigenvalue weighted by atomic mass is 10.1. The topological polar surface area (TPSA) is 287 Å². The van der Waals surface area contributed by atoms with E-state index >= 15 is 0 Å². The molecule has 0 unspecified atom stereocenters. The van der Waals surface area contributed by atoms with Crippen molar-refractivity contribution in [3.05, 3.63) is 283 Å². The van der Waals surface area contributed by atoms with Gasteiger partial charge < -0.3 is 76.4 Å². The quantitative estimate of drug-likeness (QED) is 0.0641. The fraction of sp³-hybridized carbons (Fsp3) is 0.298. The normalized spacial score (nSPS) is 14.0. The summed E-state index contributed by atoms with van der Waals surface area (Å²) >= 11 is 44.5. The molecule has 684 valence electrons. The molecule has 37 heteroatoms. The van der Waals surface area contributed by atoms with Crippen LogP contribution >= 0.6 is 92.5 Å². The Bertz CT molecular complexity index is 6510. The van der Waals surface area contributed by atoms with Gasteiger partial charge in [0.2, 0.25) is 0 Å². The van der Waals surface area contributed by atoms with E-state index in [-0.39, 0.29) is 72.3 Å². The highest BCUT2D eigenvalue weighted by molar-refractivity contribution is 7.12. The van der Waals surface area contributed by atoms with Gasteiger partial charge in [0.05, 0.1) is 86.2 Å². The zero-order valence-electron chi connectivity index (χ0n) is 72.5. The van der Waals surface area contributed by atoms with E-state index in [2.05, 4.69) is 0 Å². The van der Waals surface area contributed by atoms with Crippen LogP contribution in [-0.4, -0.2) is 217 Å². The summed E-state index contributed by atoms with van der Waals surface area (Å²) in [5.74, 6) is -3.57. The van der Waals surface area contributed by atoms with E-state index in [0.29, 0.717) is 228 Å². The van der Waals surface area contributed by atoms with Crippen molar-refractivity contribution in [2.24, 2.45) is 28.2 Å². The number of fused-ring (bicyclic) bond motifs is 4. The molecule has 0 N–H and O–H groups in total. The van der Waals surface area contributed by atoms with E-state index in [4.69, 9.17) is 100 Å². The highest BCUT2D eigenvalue weighted by atomic mass is 35.5. The summed E-state index contributed by atoms with van der Waals surface area (Å²) in [5, 5.41) is 7.82. The molecule has 28 nitrogen and oxygen atoms in total. The van der Waals surface area contributed by atoms with Crippen molar-refractivity contribution in [2.75, 3.05) is 151 Å². The number of esters is 4. The molecular weight excluding hydrogens is 1850 g/mol. The number of halogens is 8. The average molecular weight is 1940 g/mol. The fourth-order valence-corrected chi connectivity index (χ4v) is 18.1. The molecule has 7 aromatic carbocycles. The van der Waals surface area contributed by atoms with E-state index in [9.17, 15) is 61.9 Å². The molecule has 4 amide bonds. The number of benzene rings is 7. The Kier molecular flexibility index (Phi) is 31.3. The van der Waals surface area contributed by atoms with Gasteiger partial charge in [0, 0.05) is 196 Å². The lowest BCUT2D eigenvalue weighted by Crippen LogP contribution is -2.49. The standard InChI is InChI=1S/C24H22Cl3N3O4.C24H23Cl2N3O4.C24H23ClFN3O4.C22H22ClN3O4S/c1-3-34-24(33)20-21(16-13-15(25)5-7-19(16)28(2)23(20)32)29-8-10-30(11-9-29)22(31)14-4-6-17(26)18(27)12-14;1-3-33-24(32)20-21(18-14-17(26)8-9-19(18)27(2)23(20)31)28-10-12-29(13-11-28)22(30)15-4-6-16(25)7-5-15;1-3-33-24(32)20-21(18-14-16(25)6-9-19(18)27(2)23(20)31)28-10-12-29(13-11-28)22(30)15-4-7-17(26)8-5-15;1-3-30-22(29)18-19(15-13-14(23)6-7-16(15)24(2)21(18)28)25-8-10-26(11-9-25)20(27)17-5-4-12-31-17/h4-7,12-13H,3,8-11H2,1-2H3;2*4-9,14H,3,10-13H2,1-2H3;4-7,12-13H,3,8-11H2,1-2H3. The van der Waals surface area contributed by atoms with E-state index in [1.165, 1.54) is 53.9 Å². The maximum atomic E-state index is 13.2. The van der Waals surface area contributed by atoms with E-state index in [1.54, 1.807) is 191 Å². The molecule has 0 radical (unpaired) electrons. The Labute approximate surface area is 790 Å². The van der Waals surface area contributed by atoms with Gasteiger partial charge in [0.1, 0.15) is 28.1 Å². The molecule has 16 rings (SSSR count). The van der Waals surface area contributed by atoms with Crippen LogP contribution in [0.3, 0.4) is 0 Å². The molecule has 0 bridgehead atoms. The minimum absolute atomic E-state index is 0.00264. The number of ether oxygens (including phenoxy) is 4. The van der Waals surface area contributed by atoms with Crippen LogP contribution in [0.25, 0.3) is 43.6 Å². The van der Waals surface area contributed by atoms with Gasteiger partial charge in [-0.05, 0) is 179 Å². The smallest absolute Gasteiger partial charge is 0.345 e. The van der Waals surface area contributed by atoms with Gasteiger partial charge in [-0.25, -0.2) is 23.6 Å². The number of hydrogen-bond donors (Lipinski definition) is 0. The molecule has 0 aliphatic carbocycles. The fourth-order valence-electron chi connectivity index (χ4n) is 16.3. The molecule has 0 atom stereocenters. The van der Waals surface area contributed by atoms with Gasteiger partial charge in [-0.1, -0.05) is 87.3 Å². The summed E-state index contributed by atoms with van der Waals surface area (Å²) in [7, 11) is 6.46. The summed E-state index contributed by atoms with van der Waals surface area (Å²) in [4.78, 5) is 171. The third-order valence-corrected chi connectivity index (χ3v) is 25.6. The van der Waals surface area contributed by atoms with Crippen molar-refractivity contribution in [1.29, 1.82) is 0 Å². The van der Waals surface area contributed by atoms with Crippen molar-refractivity contribution in [1.82, 2.24) is 37.9 Å². The van der Waals surface area contributed by atoms with Crippen LogP contribution in [-0.2, 0) is 47.1 Å². The number of hydrogen-bond acceptors (Lipinski definition) is 21. The van der Waals surface area contributed by atoms with Gasteiger partial charge in [0.25, 0.3) is 45.9 Å². The number of pyridine rings is 4. The highest BCUT2D eigenvalue weighted by Crippen LogP contribution is 2.39. The number of nitrogens with zero attached hydrogens (tertiary/aromatic N) is 12. The molecule has 4 saturated heterocycles. The minimum atomic E-state index is -0.695. The van der Waals surface area contributed by atoms with Gasteiger partial charge in [-0.3, -0.25) is 38.4 Å². The molecule has 0 saturated carbocycles. The highest BCUT2D eigenvalue weighted by Gasteiger charge is 2.37. The number of piperazine rings is 4. The zero-order valence-corrected chi connectivity index (χ0v) is 78.6. The molecule has 4 aliphatic rings. The minimum Gasteiger partial charge on any atom is -0.462 e. The molecule has 131 heavy (non-hydrogen) atoms. The maximum absolute atomic E-state index is 13.2. The van der Waals surface area contributed by atoms with Gasteiger partial charge in [0.15, 0.2) is 0 Å². The Morgan fingerprint density at radius 2 is 0.573 bits per heavy atom. The number of aryl methyl sites for hydroxylation is 4. The van der Waals surface area contributed by atoms with Crippen molar-refractivity contribution >= 4 is 206 Å². The Hall–Kier alpha value is -12.0. The van der Waals surface area contributed by atoms with Crippen molar-refractivity contribution in [3.8, 4) is 0 Å². The molecule has 12 aromatic rings. The Balaban J connectivity index is 0.000000149. The van der Waals surface area contributed by atoms with Crippen LogP contribution in [0.5, 0.6) is 0 Å².